The van der Waals surface area contributed by atoms with Crippen LogP contribution in [-0.2, 0) is 4.74 Å². The first-order valence-corrected chi connectivity index (χ1v) is 5.92. The summed E-state index contributed by atoms with van der Waals surface area (Å²) < 4.78 is 4.59. The molecule has 0 spiro atoms. The molecule has 2 N–H and O–H groups in total. The van der Waals surface area contributed by atoms with Gasteiger partial charge >= 0.3 is 5.97 Å². The van der Waals surface area contributed by atoms with Crippen molar-refractivity contribution in [1.29, 1.82) is 0 Å². The molecule has 0 amide bonds. The first-order chi connectivity index (χ1) is 8.60. The molecule has 1 unspecified atom stereocenters. The van der Waals surface area contributed by atoms with Gasteiger partial charge in [-0.05, 0) is 19.8 Å². The van der Waals surface area contributed by atoms with E-state index < -0.39 is 5.97 Å². The Hall–Kier alpha value is -1.69. The van der Waals surface area contributed by atoms with Gasteiger partial charge in [0.05, 0.1) is 7.11 Å². The van der Waals surface area contributed by atoms with Gasteiger partial charge in [-0.15, -0.1) is 0 Å². The van der Waals surface area contributed by atoms with Crippen molar-refractivity contribution >= 4 is 11.8 Å². The molecule has 0 saturated carbocycles. The zero-order valence-corrected chi connectivity index (χ0v) is 10.9. The molecule has 1 atom stereocenters. The number of aromatic nitrogens is 2. The third kappa shape index (κ3) is 3.96. The Morgan fingerprint density at radius 3 is 2.83 bits per heavy atom. The highest BCUT2D eigenvalue weighted by Gasteiger charge is 2.13. The number of hydrogen-bond acceptors (Lipinski definition) is 6. The lowest BCUT2D eigenvalue weighted by Crippen LogP contribution is -2.21. The van der Waals surface area contributed by atoms with Gasteiger partial charge in [0.15, 0.2) is 0 Å². The predicted molar refractivity (Wildman–Crippen MR) is 67.5 cm³/mol. The van der Waals surface area contributed by atoms with Gasteiger partial charge in [0.1, 0.15) is 5.82 Å². The van der Waals surface area contributed by atoms with Crippen molar-refractivity contribution in [3.63, 3.8) is 0 Å². The fraction of sp³-hybridized carbons (Fsp3) is 0.583. The number of rotatable bonds is 6. The predicted octanol–water partition coefficient (Wildman–Crippen LogP) is 1.14. The van der Waals surface area contributed by atoms with Gasteiger partial charge in [0.2, 0.25) is 5.82 Å². The molecule has 6 heteroatoms. The first-order valence-electron chi connectivity index (χ1n) is 5.92. The number of ether oxygens (including phenoxy) is 1. The highest BCUT2D eigenvalue weighted by atomic mass is 16.5. The van der Waals surface area contributed by atoms with Crippen LogP contribution in [0.15, 0.2) is 6.07 Å². The van der Waals surface area contributed by atoms with E-state index in [-0.39, 0.29) is 18.5 Å². The fourth-order valence-electron chi connectivity index (χ4n) is 1.57. The van der Waals surface area contributed by atoms with Crippen LogP contribution >= 0.6 is 0 Å². The summed E-state index contributed by atoms with van der Waals surface area (Å²) in [5.74, 6) is 0.0546. The van der Waals surface area contributed by atoms with E-state index >= 15 is 0 Å². The maximum atomic E-state index is 11.4. The van der Waals surface area contributed by atoms with Gasteiger partial charge in [-0.1, -0.05) is 6.92 Å². The number of methoxy groups -OCH3 is 1. The zero-order valence-electron chi connectivity index (χ0n) is 10.9. The monoisotopic (exact) mass is 253 g/mol. The van der Waals surface area contributed by atoms with Crippen LogP contribution in [0.3, 0.4) is 0 Å². The lowest BCUT2D eigenvalue weighted by atomic mass is 10.1. The summed E-state index contributed by atoms with van der Waals surface area (Å²) in [5, 5.41) is 12.1. The smallest absolute Gasteiger partial charge is 0.376 e. The van der Waals surface area contributed by atoms with E-state index in [1.165, 1.54) is 7.11 Å². The normalized spacial score (nSPS) is 12.0. The lowest BCUT2D eigenvalue weighted by Gasteiger charge is -2.16. The largest absolute Gasteiger partial charge is 0.463 e. The number of nitrogens with zero attached hydrogens (tertiary/aromatic N) is 2. The van der Waals surface area contributed by atoms with Crippen LogP contribution in [-0.4, -0.2) is 40.8 Å². The Morgan fingerprint density at radius 2 is 2.28 bits per heavy atom. The van der Waals surface area contributed by atoms with Crippen molar-refractivity contribution in [2.24, 2.45) is 0 Å². The summed E-state index contributed by atoms with van der Waals surface area (Å²) in [4.78, 5) is 19.5. The van der Waals surface area contributed by atoms with Crippen molar-refractivity contribution < 1.29 is 14.6 Å². The number of anilines is 1. The Kier molecular flexibility index (Phi) is 5.51. The SMILES string of the molecule is CCC(CCO)Nc1cc(C)nc(C(=O)OC)n1. The van der Waals surface area contributed by atoms with Crippen LogP contribution < -0.4 is 5.32 Å². The van der Waals surface area contributed by atoms with Crippen LogP contribution in [0, 0.1) is 6.92 Å². The van der Waals surface area contributed by atoms with E-state index in [4.69, 9.17) is 5.11 Å². The number of aliphatic hydroxyl groups is 1. The lowest BCUT2D eigenvalue weighted by molar-refractivity contribution is 0.0586. The van der Waals surface area contributed by atoms with E-state index in [1.807, 2.05) is 6.92 Å². The second kappa shape index (κ2) is 6.90. The molecule has 100 valence electrons. The molecule has 0 aliphatic heterocycles. The number of aliphatic hydroxyl groups excluding tert-OH is 1. The van der Waals surface area contributed by atoms with Crippen LogP contribution in [0.25, 0.3) is 0 Å². The number of esters is 1. The van der Waals surface area contributed by atoms with Crippen molar-refractivity contribution in [3.8, 4) is 0 Å². The summed E-state index contributed by atoms with van der Waals surface area (Å²) in [7, 11) is 1.29. The zero-order chi connectivity index (χ0) is 13.5. The number of carbonyl (C=O) groups excluding carboxylic acids is 1. The van der Waals surface area contributed by atoms with Gasteiger partial charge in [-0.3, -0.25) is 0 Å². The van der Waals surface area contributed by atoms with E-state index in [0.717, 1.165) is 6.42 Å². The number of hydrogen-bond donors (Lipinski definition) is 2. The van der Waals surface area contributed by atoms with Gasteiger partial charge in [-0.2, -0.15) is 0 Å². The Morgan fingerprint density at radius 1 is 1.56 bits per heavy atom. The summed E-state index contributed by atoms with van der Waals surface area (Å²) >= 11 is 0. The van der Waals surface area contributed by atoms with Crippen molar-refractivity contribution in [2.45, 2.75) is 32.7 Å². The number of carbonyl (C=O) groups is 1. The minimum absolute atomic E-state index is 0.0406. The molecular weight excluding hydrogens is 234 g/mol. The Bertz CT molecular complexity index is 410. The molecule has 6 nitrogen and oxygen atoms in total. The molecule has 0 saturated heterocycles. The molecule has 1 rings (SSSR count). The molecule has 0 radical (unpaired) electrons. The van der Waals surface area contributed by atoms with E-state index in [1.54, 1.807) is 13.0 Å². The number of nitrogens with one attached hydrogen (secondary N) is 1. The topological polar surface area (TPSA) is 84.3 Å². The quantitative estimate of drug-likeness (QED) is 0.740. The fourth-order valence-corrected chi connectivity index (χ4v) is 1.57. The highest BCUT2D eigenvalue weighted by molar-refractivity contribution is 5.85. The maximum absolute atomic E-state index is 11.4. The minimum Gasteiger partial charge on any atom is -0.463 e. The molecule has 0 aliphatic rings. The average molecular weight is 253 g/mol. The van der Waals surface area contributed by atoms with Gasteiger partial charge in [-0.25, -0.2) is 14.8 Å². The van der Waals surface area contributed by atoms with Crippen LogP contribution in [0.4, 0.5) is 5.82 Å². The van der Waals surface area contributed by atoms with Gasteiger partial charge in [0, 0.05) is 24.4 Å². The first kappa shape index (κ1) is 14.4. The third-order valence-corrected chi connectivity index (χ3v) is 2.54. The van der Waals surface area contributed by atoms with Crippen LogP contribution in [0.5, 0.6) is 0 Å². The molecule has 0 fully saturated rings. The third-order valence-electron chi connectivity index (χ3n) is 2.54. The molecular formula is C12H19N3O3. The Balaban J connectivity index is 2.88. The van der Waals surface area contributed by atoms with Crippen LogP contribution in [0.2, 0.25) is 0 Å². The minimum atomic E-state index is -0.558. The Labute approximate surface area is 106 Å². The van der Waals surface area contributed by atoms with Crippen molar-refractivity contribution in [1.82, 2.24) is 9.97 Å². The second-order valence-electron chi connectivity index (χ2n) is 3.97. The molecule has 1 aromatic rings. The molecule has 0 aliphatic carbocycles. The average Bonchev–Trinajstić information content (AvgIpc) is 2.36. The van der Waals surface area contributed by atoms with Gasteiger partial charge < -0.3 is 15.2 Å². The van der Waals surface area contributed by atoms with Gasteiger partial charge in [0.25, 0.3) is 0 Å². The van der Waals surface area contributed by atoms with E-state index in [2.05, 4.69) is 20.0 Å². The summed E-state index contributed by atoms with van der Waals surface area (Å²) in [6.07, 6.45) is 1.49. The molecule has 0 aromatic carbocycles. The second-order valence-corrected chi connectivity index (χ2v) is 3.97. The van der Waals surface area contributed by atoms with E-state index in [0.29, 0.717) is 17.9 Å². The van der Waals surface area contributed by atoms with E-state index in [9.17, 15) is 4.79 Å². The standard InChI is InChI=1S/C12H19N3O3/c1-4-9(5-6-16)14-10-7-8(2)13-11(15-10)12(17)18-3/h7,9,16H,4-6H2,1-3H3,(H,13,14,15). The van der Waals surface area contributed by atoms with Crippen molar-refractivity contribution in [3.05, 3.63) is 17.6 Å². The molecule has 18 heavy (non-hydrogen) atoms. The highest BCUT2D eigenvalue weighted by Crippen LogP contribution is 2.11. The summed E-state index contributed by atoms with van der Waals surface area (Å²) in [6, 6.07) is 1.88. The molecule has 0 bridgehead atoms. The molecule has 1 heterocycles. The maximum Gasteiger partial charge on any atom is 0.376 e. The number of aryl methyl sites for hydroxylation is 1. The molecule has 1 aromatic heterocycles. The summed E-state index contributed by atoms with van der Waals surface area (Å²) in [5.41, 5.74) is 0.687. The van der Waals surface area contributed by atoms with Crippen molar-refractivity contribution in [2.75, 3.05) is 19.0 Å². The van der Waals surface area contributed by atoms with Crippen LogP contribution in [0.1, 0.15) is 36.1 Å². The summed E-state index contributed by atoms with van der Waals surface area (Å²) in [6.45, 7) is 3.91.